The standard InChI is InChI=1S/C12H17Br2NO/c1-3-12(2,16)8-15-7-9-4-5-10(13)11(14)6-9/h4-6,15-16H,3,7-8H2,1-2H3. The molecule has 16 heavy (non-hydrogen) atoms. The van der Waals surface area contributed by atoms with Gasteiger partial charge >= 0.3 is 0 Å². The van der Waals surface area contributed by atoms with E-state index in [-0.39, 0.29) is 0 Å². The van der Waals surface area contributed by atoms with Gasteiger partial charge in [0.25, 0.3) is 0 Å². The first kappa shape index (κ1) is 14.2. The number of hydrogen-bond donors (Lipinski definition) is 2. The second kappa shape index (κ2) is 6.15. The lowest BCUT2D eigenvalue weighted by molar-refractivity contribution is 0.0555. The average Bonchev–Trinajstić information content (AvgIpc) is 2.23. The Balaban J connectivity index is 2.46. The molecule has 1 unspecified atom stereocenters. The molecule has 2 nitrogen and oxygen atoms in total. The van der Waals surface area contributed by atoms with Crippen LogP contribution in [-0.4, -0.2) is 17.3 Å². The Labute approximate surface area is 114 Å². The van der Waals surface area contributed by atoms with Crippen LogP contribution in [0.3, 0.4) is 0 Å². The van der Waals surface area contributed by atoms with Crippen molar-refractivity contribution in [1.29, 1.82) is 0 Å². The number of halogens is 2. The van der Waals surface area contributed by atoms with Crippen LogP contribution < -0.4 is 5.32 Å². The molecular formula is C12H17Br2NO. The molecule has 0 heterocycles. The van der Waals surface area contributed by atoms with E-state index in [2.05, 4.69) is 49.3 Å². The third-order valence-corrected chi connectivity index (χ3v) is 4.46. The third kappa shape index (κ3) is 4.53. The Morgan fingerprint density at radius 2 is 2.00 bits per heavy atom. The van der Waals surface area contributed by atoms with E-state index in [9.17, 15) is 5.11 Å². The lowest BCUT2D eigenvalue weighted by atomic mass is 10.0. The van der Waals surface area contributed by atoms with E-state index in [0.29, 0.717) is 6.54 Å². The number of benzene rings is 1. The maximum atomic E-state index is 9.82. The SMILES string of the molecule is CCC(C)(O)CNCc1ccc(Br)c(Br)c1. The molecule has 0 spiro atoms. The first-order valence-corrected chi connectivity index (χ1v) is 6.90. The highest BCUT2D eigenvalue weighted by Gasteiger charge is 2.16. The fraction of sp³-hybridized carbons (Fsp3) is 0.500. The molecule has 1 aromatic rings. The number of hydrogen-bond acceptors (Lipinski definition) is 2. The van der Waals surface area contributed by atoms with Crippen LogP contribution in [0.1, 0.15) is 25.8 Å². The van der Waals surface area contributed by atoms with E-state index in [1.165, 1.54) is 5.56 Å². The zero-order chi connectivity index (χ0) is 12.2. The minimum absolute atomic E-state index is 0.608. The summed E-state index contributed by atoms with van der Waals surface area (Å²) in [6, 6.07) is 6.14. The minimum Gasteiger partial charge on any atom is -0.389 e. The van der Waals surface area contributed by atoms with E-state index < -0.39 is 5.60 Å². The Kier molecular flexibility index (Phi) is 5.44. The third-order valence-electron chi connectivity index (χ3n) is 2.58. The van der Waals surface area contributed by atoms with E-state index in [0.717, 1.165) is 21.9 Å². The maximum Gasteiger partial charge on any atom is 0.0741 e. The summed E-state index contributed by atoms with van der Waals surface area (Å²) in [4.78, 5) is 0. The lowest BCUT2D eigenvalue weighted by Gasteiger charge is -2.21. The molecule has 0 aromatic heterocycles. The summed E-state index contributed by atoms with van der Waals surface area (Å²) in [5.74, 6) is 0. The van der Waals surface area contributed by atoms with Crippen LogP contribution in [-0.2, 0) is 6.54 Å². The van der Waals surface area contributed by atoms with Crippen LogP contribution in [0.4, 0.5) is 0 Å². The predicted molar refractivity (Wildman–Crippen MR) is 74.5 cm³/mol. The fourth-order valence-corrected chi connectivity index (χ4v) is 1.92. The predicted octanol–water partition coefficient (Wildman–Crippen LogP) is 3.46. The molecule has 0 saturated heterocycles. The molecule has 0 bridgehead atoms. The van der Waals surface area contributed by atoms with Crippen LogP contribution in [0, 0.1) is 0 Å². The van der Waals surface area contributed by atoms with Crippen molar-refractivity contribution in [3.8, 4) is 0 Å². The molecule has 0 aliphatic heterocycles. The Bertz CT molecular complexity index is 353. The normalized spacial score (nSPS) is 14.8. The Morgan fingerprint density at radius 1 is 1.31 bits per heavy atom. The molecule has 0 saturated carbocycles. The van der Waals surface area contributed by atoms with Gasteiger partial charge in [-0.15, -0.1) is 0 Å². The molecule has 1 atom stereocenters. The van der Waals surface area contributed by atoms with Gasteiger partial charge in [-0.2, -0.15) is 0 Å². The van der Waals surface area contributed by atoms with Crippen LogP contribution in [0.15, 0.2) is 27.1 Å². The summed E-state index contributed by atoms with van der Waals surface area (Å²) in [6.07, 6.45) is 0.754. The van der Waals surface area contributed by atoms with E-state index >= 15 is 0 Å². The van der Waals surface area contributed by atoms with Crippen molar-refractivity contribution in [1.82, 2.24) is 5.32 Å². The molecule has 1 aromatic carbocycles. The Hall–Kier alpha value is 0.1000. The van der Waals surface area contributed by atoms with Crippen molar-refractivity contribution < 1.29 is 5.11 Å². The summed E-state index contributed by atoms with van der Waals surface area (Å²) >= 11 is 6.90. The molecular weight excluding hydrogens is 334 g/mol. The van der Waals surface area contributed by atoms with Crippen molar-refractivity contribution in [2.45, 2.75) is 32.4 Å². The number of nitrogens with one attached hydrogen (secondary N) is 1. The molecule has 4 heteroatoms. The van der Waals surface area contributed by atoms with E-state index in [1.807, 2.05) is 19.9 Å². The van der Waals surface area contributed by atoms with Gasteiger partial charge in [0.05, 0.1) is 5.60 Å². The van der Waals surface area contributed by atoms with Gasteiger partial charge < -0.3 is 10.4 Å². The molecule has 0 fully saturated rings. The van der Waals surface area contributed by atoms with Crippen molar-refractivity contribution in [3.63, 3.8) is 0 Å². The quantitative estimate of drug-likeness (QED) is 0.852. The molecule has 0 radical (unpaired) electrons. The summed E-state index contributed by atoms with van der Waals surface area (Å²) in [6.45, 7) is 5.20. The highest BCUT2D eigenvalue weighted by atomic mass is 79.9. The van der Waals surface area contributed by atoms with Crippen LogP contribution in [0.2, 0.25) is 0 Å². The second-order valence-electron chi connectivity index (χ2n) is 4.20. The number of aliphatic hydroxyl groups is 1. The van der Waals surface area contributed by atoms with Crippen LogP contribution >= 0.6 is 31.9 Å². The molecule has 0 aliphatic carbocycles. The van der Waals surface area contributed by atoms with E-state index in [4.69, 9.17) is 0 Å². The van der Waals surface area contributed by atoms with Gasteiger partial charge in [0.2, 0.25) is 0 Å². The highest BCUT2D eigenvalue weighted by molar-refractivity contribution is 9.13. The van der Waals surface area contributed by atoms with Crippen molar-refractivity contribution in [2.24, 2.45) is 0 Å². The van der Waals surface area contributed by atoms with Crippen LogP contribution in [0.5, 0.6) is 0 Å². The van der Waals surface area contributed by atoms with Crippen LogP contribution in [0.25, 0.3) is 0 Å². The summed E-state index contributed by atoms with van der Waals surface area (Å²) < 4.78 is 2.10. The first-order chi connectivity index (χ1) is 7.44. The summed E-state index contributed by atoms with van der Waals surface area (Å²) in [5.41, 5.74) is 0.578. The molecule has 1 rings (SSSR count). The van der Waals surface area contributed by atoms with Gasteiger partial charge in [-0.1, -0.05) is 13.0 Å². The van der Waals surface area contributed by atoms with E-state index in [1.54, 1.807) is 0 Å². The van der Waals surface area contributed by atoms with Gasteiger partial charge in [-0.25, -0.2) is 0 Å². The van der Waals surface area contributed by atoms with Crippen molar-refractivity contribution in [2.75, 3.05) is 6.54 Å². The zero-order valence-electron chi connectivity index (χ0n) is 9.56. The Morgan fingerprint density at radius 3 is 2.56 bits per heavy atom. The van der Waals surface area contributed by atoms with Gasteiger partial charge in [-0.3, -0.25) is 0 Å². The summed E-state index contributed by atoms with van der Waals surface area (Å²) in [7, 11) is 0. The minimum atomic E-state index is -0.618. The van der Waals surface area contributed by atoms with Crippen molar-refractivity contribution in [3.05, 3.63) is 32.7 Å². The molecule has 0 aliphatic rings. The largest absolute Gasteiger partial charge is 0.389 e. The summed E-state index contributed by atoms with van der Waals surface area (Å²) in [5, 5.41) is 13.1. The van der Waals surface area contributed by atoms with Gasteiger partial charge in [0.1, 0.15) is 0 Å². The molecule has 2 N–H and O–H groups in total. The van der Waals surface area contributed by atoms with Gasteiger partial charge in [0, 0.05) is 22.0 Å². The number of rotatable bonds is 5. The highest BCUT2D eigenvalue weighted by Crippen LogP contribution is 2.23. The maximum absolute atomic E-state index is 9.82. The fourth-order valence-electron chi connectivity index (χ4n) is 1.25. The van der Waals surface area contributed by atoms with Gasteiger partial charge in [-0.05, 0) is 62.9 Å². The van der Waals surface area contributed by atoms with Gasteiger partial charge in [0.15, 0.2) is 0 Å². The molecule has 0 amide bonds. The molecule has 90 valence electrons. The second-order valence-corrected chi connectivity index (χ2v) is 5.91. The van der Waals surface area contributed by atoms with Crippen molar-refractivity contribution >= 4 is 31.9 Å². The lowest BCUT2D eigenvalue weighted by Crippen LogP contribution is -2.36. The first-order valence-electron chi connectivity index (χ1n) is 5.31. The topological polar surface area (TPSA) is 32.3 Å². The zero-order valence-corrected chi connectivity index (χ0v) is 12.7. The average molecular weight is 351 g/mol. The monoisotopic (exact) mass is 349 g/mol. The smallest absolute Gasteiger partial charge is 0.0741 e.